The van der Waals surface area contributed by atoms with E-state index in [-0.39, 0.29) is 41.7 Å². The van der Waals surface area contributed by atoms with E-state index in [2.05, 4.69) is 20.6 Å². The van der Waals surface area contributed by atoms with Gasteiger partial charge in [-0.2, -0.15) is 13.2 Å². The quantitative estimate of drug-likeness (QED) is 0.654. The van der Waals surface area contributed by atoms with Crippen molar-refractivity contribution in [2.24, 2.45) is 5.92 Å². The molecule has 0 unspecified atom stereocenters. The Kier molecular flexibility index (Phi) is 7.32. The molecule has 11 heteroatoms. The predicted molar refractivity (Wildman–Crippen MR) is 109 cm³/mol. The maximum Gasteiger partial charge on any atom is 0.417 e. The van der Waals surface area contributed by atoms with E-state index in [4.69, 9.17) is 11.6 Å². The number of pyridine rings is 2. The first-order chi connectivity index (χ1) is 14.8. The van der Waals surface area contributed by atoms with Crippen molar-refractivity contribution in [3.05, 3.63) is 52.9 Å². The number of halogens is 4. The molecule has 2 aromatic rings. The molecule has 7 nitrogen and oxygen atoms in total. The molecule has 3 rings (SSSR count). The fraction of sp³-hybridized carbons (Fsp3) is 0.400. The van der Waals surface area contributed by atoms with Gasteiger partial charge in [0.25, 0.3) is 5.91 Å². The second-order valence-corrected chi connectivity index (χ2v) is 7.48. The van der Waals surface area contributed by atoms with Gasteiger partial charge in [0.1, 0.15) is 5.82 Å². The number of carbonyl (C=O) groups is 2. The highest BCUT2D eigenvalue weighted by molar-refractivity contribution is 6.33. The first-order valence-corrected chi connectivity index (χ1v) is 10.1. The van der Waals surface area contributed by atoms with Crippen LogP contribution in [0, 0.1) is 5.92 Å². The van der Waals surface area contributed by atoms with Gasteiger partial charge < -0.3 is 15.5 Å². The van der Waals surface area contributed by atoms with Crippen molar-refractivity contribution < 1.29 is 22.8 Å². The van der Waals surface area contributed by atoms with Crippen molar-refractivity contribution in [2.45, 2.75) is 19.0 Å². The van der Waals surface area contributed by atoms with E-state index in [1.54, 1.807) is 23.2 Å². The van der Waals surface area contributed by atoms with E-state index in [1.807, 2.05) is 0 Å². The molecule has 0 radical (unpaired) electrons. The van der Waals surface area contributed by atoms with Crippen LogP contribution < -0.4 is 15.5 Å². The second-order valence-electron chi connectivity index (χ2n) is 7.08. The highest BCUT2D eigenvalue weighted by Crippen LogP contribution is 2.34. The molecule has 31 heavy (non-hydrogen) atoms. The van der Waals surface area contributed by atoms with E-state index in [0.717, 1.165) is 12.3 Å². The number of nitrogens with zero attached hydrogens (tertiary/aromatic N) is 3. The maximum absolute atomic E-state index is 12.8. The number of amides is 2. The number of anilines is 1. The van der Waals surface area contributed by atoms with Gasteiger partial charge in [-0.1, -0.05) is 11.6 Å². The Hall–Kier alpha value is -2.88. The summed E-state index contributed by atoms with van der Waals surface area (Å²) in [5, 5.41) is 5.43. The Bertz CT molecular complexity index is 919. The number of rotatable bonds is 6. The van der Waals surface area contributed by atoms with Gasteiger partial charge in [0, 0.05) is 50.7 Å². The molecular weight excluding hydrogens is 435 g/mol. The van der Waals surface area contributed by atoms with Gasteiger partial charge in [0.2, 0.25) is 5.91 Å². The molecule has 3 heterocycles. The topological polar surface area (TPSA) is 87.2 Å². The molecule has 1 fully saturated rings. The number of carbonyl (C=O) groups excluding carboxylic acids is 2. The first-order valence-electron chi connectivity index (χ1n) is 9.69. The predicted octanol–water partition coefficient (Wildman–Crippen LogP) is 2.91. The van der Waals surface area contributed by atoms with Crippen molar-refractivity contribution in [1.82, 2.24) is 20.6 Å². The summed E-state index contributed by atoms with van der Waals surface area (Å²) in [6.07, 6.45) is 0.334. The minimum absolute atomic E-state index is 0.0675. The molecule has 0 saturated carbocycles. The monoisotopic (exact) mass is 455 g/mol. The number of hydrogen-bond acceptors (Lipinski definition) is 5. The van der Waals surface area contributed by atoms with Crippen LogP contribution in [0.1, 0.15) is 28.8 Å². The summed E-state index contributed by atoms with van der Waals surface area (Å²) in [5.74, 6) is -0.330. The number of aromatic nitrogens is 2. The summed E-state index contributed by atoms with van der Waals surface area (Å²) < 4.78 is 38.3. The SMILES string of the molecule is O=C(NCCNC(=O)C1CCN(c2ncc(C(F)(F)F)cc2Cl)CC1)c1cccnc1. The van der Waals surface area contributed by atoms with Gasteiger partial charge in [-0.05, 0) is 31.0 Å². The molecule has 0 spiro atoms. The summed E-state index contributed by atoms with van der Waals surface area (Å²) in [4.78, 5) is 33.8. The number of hydrogen-bond donors (Lipinski definition) is 2. The normalized spacial score (nSPS) is 14.9. The highest BCUT2D eigenvalue weighted by atomic mass is 35.5. The third-order valence-corrected chi connectivity index (χ3v) is 5.23. The van der Waals surface area contributed by atoms with Crippen molar-refractivity contribution in [3.63, 3.8) is 0 Å². The number of piperidine rings is 1. The number of nitrogens with one attached hydrogen (secondary N) is 2. The standard InChI is InChI=1S/C20H21ClF3N5O2/c21-16-10-15(20(22,23)24)12-28-17(16)29-8-3-13(4-9-29)18(30)26-6-7-27-19(31)14-2-1-5-25-11-14/h1-2,5,10-13H,3-4,6-9H2,(H,26,30)(H,27,31). The lowest BCUT2D eigenvalue weighted by molar-refractivity contribution is -0.137. The molecule has 2 aromatic heterocycles. The van der Waals surface area contributed by atoms with Crippen molar-refractivity contribution in [3.8, 4) is 0 Å². The average molecular weight is 456 g/mol. The van der Waals surface area contributed by atoms with Crippen LogP contribution in [0.25, 0.3) is 0 Å². The van der Waals surface area contributed by atoms with Gasteiger partial charge in [-0.3, -0.25) is 14.6 Å². The molecule has 1 aliphatic heterocycles. The van der Waals surface area contributed by atoms with Crippen molar-refractivity contribution in [1.29, 1.82) is 0 Å². The number of alkyl halides is 3. The molecular formula is C20H21ClF3N5O2. The summed E-state index contributed by atoms with van der Waals surface area (Å²) in [5.41, 5.74) is -0.456. The average Bonchev–Trinajstić information content (AvgIpc) is 2.76. The Morgan fingerprint density at radius 3 is 2.48 bits per heavy atom. The molecule has 1 saturated heterocycles. The van der Waals surface area contributed by atoms with Crippen LogP contribution >= 0.6 is 11.6 Å². The molecule has 0 atom stereocenters. The Morgan fingerprint density at radius 1 is 1.16 bits per heavy atom. The lowest BCUT2D eigenvalue weighted by Crippen LogP contribution is -2.43. The van der Waals surface area contributed by atoms with Crippen LogP contribution in [-0.2, 0) is 11.0 Å². The van der Waals surface area contributed by atoms with Crippen molar-refractivity contribution in [2.75, 3.05) is 31.1 Å². The zero-order chi connectivity index (χ0) is 22.4. The van der Waals surface area contributed by atoms with E-state index < -0.39 is 11.7 Å². The van der Waals surface area contributed by atoms with Gasteiger partial charge in [0.15, 0.2) is 0 Å². The van der Waals surface area contributed by atoms with Crippen LogP contribution in [0.15, 0.2) is 36.8 Å². The molecule has 1 aliphatic rings. The smallest absolute Gasteiger partial charge is 0.355 e. The van der Waals surface area contributed by atoms with E-state index in [0.29, 0.717) is 31.5 Å². The molecule has 2 N–H and O–H groups in total. The minimum atomic E-state index is -4.50. The fourth-order valence-corrected chi connectivity index (χ4v) is 3.56. The van der Waals surface area contributed by atoms with Crippen LogP contribution in [0.3, 0.4) is 0 Å². The van der Waals surface area contributed by atoms with Gasteiger partial charge in [0.05, 0.1) is 16.1 Å². The maximum atomic E-state index is 12.8. The lowest BCUT2D eigenvalue weighted by atomic mass is 9.96. The third kappa shape index (κ3) is 6.06. The van der Waals surface area contributed by atoms with Crippen LogP contribution in [0.2, 0.25) is 5.02 Å². The van der Waals surface area contributed by atoms with Crippen LogP contribution in [-0.4, -0.2) is 48.0 Å². The first kappa shape index (κ1) is 22.8. The Labute approximate surface area is 182 Å². The summed E-state index contributed by atoms with van der Waals surface area (Å²) in [6, 6.07) is 4.17. The van der Waals surface area contributed by atoms with E-state index in [1.165, 1.54) is 6.20 Å². The Morgan fingerprint density at radius 2 is 1.87 bits per heavy atom. The molecule has 0 bridgehead atoms. The van der Waals surface area contributed by atoms with Crippen molar-refractivity contribution >= 4 is 29.2 Å². The van der Waals surface area contributed by atoms with Crippen LogP contribution in [0.5, 0.6) is 0 Å². The van der Waals surface area contributed by atoms with Gasteiger partial charge >= 0.3 is 6.18 Å². The van der Waals surface area contributed by atoms with Crippen LogP contribution in [0.4, 0.5) is 19.0 Å². The largest absolute Gasteiger partial charge is 0.417 e. The fourth-order valence-electron chi connectivity index (χ4n) is 3.28. The molecule has 2 amide bonds. The zero-order valence-corrected chi connectivity index (χ0v) is 17.2. The van der Waals surface area contributed by atoms with E-state index >= 15 is 0 Å². The summed E-state index contributed by atoms with van der Waals surface area (Å²) in [7, 11) is 0. The lowest BCUT2D eigenvalue weighted by Gasteiger charge is -2.32. The third-order valence-electron chi connectivity index (χ3n) is 4.95. The summed E-state index contributed by atoms with van der Waals surface area (Å²) >= 11 is 6.00. The van der Waals surface area contributed by atoms with E-state index in [9.17, 15) is 22.8 Å². The Balaban J connectivity index is 1.42. The minimum Gasteiger partial charge on any atom is -0.355 e. The molecule has 0 aliphatic carbocycles. The van der Waals surface area contributed by atoms with Gasteiger partial charge in [-0.25, -0.2) is 4.98 Å². The summed E-state index contributed by atoms with van der Waals surface area (Å²) in [6.45, 7) is 1.47. The highest BCUT2D eigenvalue weighted by Gasteiger charge is 2.33. The molecule has 166 valence electrons. The van der Waals surface area contributed by atoms with Gasteiger partial charge in [-0.15, -0.1) is 0 Å². The second kappa shape index (κ2) is 9.95. The molecule has 0 aromatic carbocycles. The zero-order valence-electron chi connectivity index (χ0n) is 16.5.